The number of nitrogens with one attached hydrogen (secondary N) is 2. The Morgan fingerprint density at radius 1 is 1.00 bits per heavy atom. The number of alkyl halides is 3. The van der Waals surface area contributed by atoms with Crippen LogP contribution in [0.4, 0.5) is 24.5 Å². The fourth-order valence-corrected chi connectivity index (χ4v) is 4.68. The van der Waals surface area contributed by atoms with Gasteiger partial charge >= 0.3 is 6.18 Å². The maximum atomic E-state index is 12.8. The van der Waals surface area contributed by atoms with Crippen LogP contribution in [0.1, 0.15) is 16.7 Å². The van der Waals surface area contributed by atoms with Crippen molar-refractivity contribution in [3.8, 4) is 5.75 Å². The third-order valence-corrected chi connectivity index (χ3v) is 6.71. The molecule has 1 amide bonds. The third-order valence-electron chi connectivity index (χ3n) is 4.84. The molecule has 1 aliphatic rings. The van der Waals surface area contributed by atoms with E-state index in [1.807, 2.05) is 0 Å². The van der Waals surface area contributed by atoms with Crippen molar-refractivity contribution >= 4 is 54.9 Å². The van der Waals surface area contributed by atoms with Crippen molar-refractivity contribution in [1.29, 1.82) is 0 Å². The van der Waals surface area contributed by atoms with Crippen LogP contribution < -0.4 is 10.0 Å². The molecule has 0 spiro atoms. The highest BCUT2D eigenvalue weighted by Crippen LogP contribution is 2.37. The number of phenolic OH excluding ortho intramolecular Hbond substituents is 1. The van der Waals surface area contributed by atoms with Gasteiger partial charge in [0.05, 0.1) is 10.5 Å². The Morgan fingerprint density at radius 2 is 1.70 bits per heavy atom. The first-order chi connectivity index (χ1) is 15.4. The lowest BCUT2D eigenvalue weighted by atomic mass is 10.0. The number of fused-ring (bicyclic) bond motifs is 1. The largest absolute Gasteiger partial charge is 0.507 e. The lowest BCUT2D eigenvalue weighted by molar-refractivity contribution is -0.137. The minimum absolute atomic E-state index is 0.0486. The van der Waals surface area contributed by atoms with Gasteiger partial charge in [0.15, 0.2) is 0 Å². The van der Waals surface area contributed by atoms with E-state index in [4.69, 9.17) is 0 Å². The summed E-state index contributed by atoms with van der Waals surface area (Å²) in [5.41, 5.74) is 0.220. The van der Waals surface area contributed by atoms with Crippen molar-refractivity contribution in [3.63, 3.8) is 0 Å². The van der Waals surface area contributed by atoms with Crippen LogP contribution in [0.5, 0.6) is 5.75 Å². The van der Waals surface area contributed by atoms with Gasteiger partial charge in [-0.15, -0.1) is 0 Å². The maximum absolute atomic E-state index is 12.8. The van der Waals surface area contributed by atoms with Crippen LogP contribution in [0, 0.1) is 0 Å². The van der Waals surface area contributed by atoms with E-state index in [1.54, 1.807) is 12.1 Å². The predicted molar refractivity (Wildman–Crippen MR) is 121 cm³/mol. The first kappa shape index (κ1) is 22.9. The third kappa shape index (κ3) is 4.74. The van der Waals surface area contributed by atoms with Gasteiger partial charge in [-0.05, 0) is 66.7 Å². The maximum Gasteiger partial charge on any atom is 0.416 e. The number of anilines is 2. The van der Waals surface area contributed by atoms with Gasteiger partial charge in [-0.1, -0.05) is 15.9 Å². The van der Waals surface area contributed by atoms with E-state index >= 15 is 0 Å². The molecule has 3 aromatic rings. The Kier molecular flexibility index (Phi) is 5.71. The van der Waals surface area contributed by atoms with Crippen LogP contribution in [0.3, 0.4) is 0 Å². The number of carbonyl (C=O) groups excluding carboxylic acids is 1. The lowest BCUT2D eigenvalue weighted by Gasteiger charge is -2.11. The summed E-state index contributed by atoms with van der Waals surface area (Å²) in [7, 11) is -4.17. The SMILES string of the molecule is O=C1Nc2ccc(S(=O)(=O)Nc3ccc(C(F)(F)F)cc3)cc2C1=Cc1cc(Br)ccc1O. The quantitative estimate of drug-likeness (QED) is 0.384. The second-order valence-electron chi connectivity index (χ2n) is 7.10. The van der Waals surface area contributed by atoms with Gasteiger partial charge in [0.1, 0.15) is 5.75 Å². The second kappa shape index (κ2) is 8.23. The molecule has 33 heavy (non-hydrogen) atoms. The molecule has 0 radical (unpaired) electrons. The number of halogens is 4. The van der Waals surface area contributed by atoms with Crippen molar-refractivity contribution in [2.75, 3.05) is 10.0 Å². The molecular weight excluding hydrogens is 525 g/mol. The molecule has 4 rings (SSSR count). The number of sulfonamides is 1. The molecule has 1 aliphatic heterocycles. The fourth-order valence-electron chi connectivity index (χ4n) is 3.22. The van der Waals surface area contributed by atoms with Crippen LogP contribution in [-0.2, 0) is 21.0 Å². The van der Waals surface area contributed by atoms with Gasteiger partial charge in [-0.3, -0.25) is 9.52 Å². The van der Waals surface area contributed by atoms with Crippen LogP contribution in [-0.4, -0.2) is 19.4 Å². The molecule has 0 fully saturated rings. The zero-order valence-electron chi connectivity index (χ0n) is 16.4. The molecule has 0 aromatic heterocycles. The van der Waals surface area contributed by atoms with E-state index in [2.05, 4.69) is 26.0 Å². The van der Waals surface area contributed by atoms with Gasteiger partial charge < -0.3 is 10.4 Å². The minimum atomic E-state index is -4.54. The van der Waals surface area contributed by atoms with Crippen molar-refractivity contribution in [2.24, 2.45) is 0 Å². The van der Waals surface area contributed by atoms with Crippen molar-refractivity contribution < 1.29 is 31.5 Å². The first-order valence-corrected chi connectivity index (χ1v) is 11.6. The summed E-state index contributed by atoms with van der Waals surface area (Å²) in [6, 6.07) is 12.2. The summed E-state index contributed by atoms with van der Waals surface area (Å²) in [5, 5.41) is 12.7. The number of hydrogen-bond acceptors (Lipinski definition) is 4. The molecular formula is C22H14BrF3N2O4S. The number of amides is 1. The van der Waals surface area contributed by atoms with E-state index in [9.17, 15) is 31.5 Å². The molecule has 0 bridgehead atoms. The highest BCUT2D eigenvalue weighted by atomic mass is 79.9. The average molecular weight is 539 g/mol. The fraction of sp³-hybridized carbons (Fsp3) is 0.0455. The number of benzene rings is 3. The van der Waals surface area contributed by atoms with E-state index in [1.165, 1.54) is 30.3 Å². The van der Waals surface area contributed by atoms with Gasteiger partial charge in [-0.25, -0.2) is 8.42 Å². The number of phenols is 1. The Balaban J connectivity index is 1.68. The minimum Gasteiger partial charge on any atom is -0.507 e. The average Bonchev–Trinajstić information content (AvgIpc) is 3.04. The smallest absolute Gasteiger partial charge is 0.416 e. The van der Waals surface area contributed by atoms with Gasteiger partial charge in [0, 0.05) is 32.5 Å². The Labute approximate surface area is 194 Å². The summed E-state index contributed by atoms with van der Waals surface area (Å²) in [4.78, 5) is 12.3. The van der Waals surface area contributed by atoms with Gasteiger partial charge in [0.25, 0.3) is 15.9 Å². The Bertz CT molecular complexity index is 1400. The number of hydrogen-bond donors (Lipinski definition) is 3. The van der Waals surface area contributed by atoms with Crippen LogP contribution in [0.2, 0.25) is 0 Å². The molecule has 6 nitrogen and oxygen atoms in total. The predicted octanol–water partition coefficient (Wildman–Crippen LogP) is 5.47. The van der Waals surface area contributed by atoms with E-state index in [0.717, 1.165) is 24.3 Å². The van der Waals surface area contributed by atoms with Gasteiger partial charge in [0.2, 0.25) is 0 Å². The zero-order chi connectivity index (χ0) is 24.0. The molecule has 170 valence electrons. The highest BCUT2D eigenvalue weighted by Gasteiger charge is 2.30. The van der Waals surface area contributed by atoms with Crippen LogP contribution in [0.15, 0.2) is 70.0 Å². The molecule has 0 saturated carbocycles. The van der Waals surface area contributed by atoms with Gasteiger partial charge in [-0.2, -0.15) is 13.2 Å². The Morgan fingerprint density at radius 3 is 2.36 bits per heavy atom. The molecule has 0 atom stereocenters. The first-order valence-electron chi connectivity index (χ1n) is 9.30. The molecule has 3 aromatic carbocycles. The molecule has 11 heteroatoms. The molecule has 0 aliphatic carbocycles. The summed E-state index contributed by atoms with van der Waals surface area (Å²) < 4.78 is 66.7. The van der Waals surface area contributed by atoms with Crippen LogP contribution in [0.25, 0.3) is 11.6 Å². The molecule has 0 saturated heterocycles. The van der Waals surface area contributed by atoms with Crippen molar-refractivity contribution in [1.82, 2.24) is 0 Å². The summed E-state index contributed by atoms with van der Waals surface area (Å²) in [5.74, 6) is -0.547. The summed E-state index contributed by atoms with van der Waals surface area (Å²) in [6.45, 7) is 0. The standard InChI is InChI=1S/C22H14BrF3N2O4S/c23-14-3-8-20(29)12(9-14)10-18-17-11-16(6-7-19(17)27-21(18)30)33(31,32)28-15-4-1-13(2-5-15)22(24,25)26/h1-11,28-29H,(H,27,30). The summed E-state index contributed by atoms with van der Waals surface area (Å²) in [6.07, 6.45) is -3.11. The number of aromatic hydroxyl groups is 1. The Hall–Kier alpha value is -3.31. The normalized spacial score (nSPS) is 14.8. The molecule has 1 heterocycles. The molecule has 3 N–H and O–H groups in total. The number of carbonyl (C=O) groups is 1. The van der Waals surface area contributed by atoms with E-state index in [0.29, 0.717) is 21.3 Å². The number of rotatable bonds is 4. The molecule has 0 unspecified atom stereocenters. The van der Waals surface area contributed by atoms with Crippen LogP contribution >= 0.6 is 15.9 Å². The van der Waals surface area contributed by atoms with E-state index < -0.39 is 27.7 Å². The van der Waals surface area contributed by atoms with Crippen molar-refractivity contribution in [3.05, 3.63) is 81.8 Å². The summed E-state index contributed by atoms with van der Waals surface area (Å²) >= 11 is 3.29. The monoisotopic (exact) mass is 538 g/mol. The highest BCUT2D eigenvalue weighted by molar-refractivity contribution is 9.10. The lowest BCUT2D eigenvalue weighted by Crippen LogP contribution is -2.13. The van der Waals surface area contributed by atoms with E-state index in [-0.39, 0.29) is 21.9 Å². The zero-order valence-corrected chi connectivity index (χ0v) is 18.8. The topological polar surface area (TPSA) is 95.5 Å². The van der Waals surface area contributed by atoms with Crippen molar-refractivity contribution in [2.45, 2.75) is 11.1 Å². The second-order valence-corrected chi connectivity index (χ2v) is 9.70.